The number of rotatable bonds is 6. The molecule has 1 heterocycles. The van der Waals surface area contributed by atoms with Crippen molar-refractivity contribution in [1.29, 1.82) is 0 Å². The summed E-state index contributed by atoms with van der Waals surface area (Å²) in [6.07, 6.45) is 1.70. The molecule has 0 aliphatic carbocycles. The summed E-state index contributed by atoms with van der Waals surface area (Å²) in [4.78, 5) is 11.1. The standard InChI is InChI=1S/C14H16Cl2N4O2/c1-8(2)13(14(21)22)17-6-10-7-20(19-18-10)12-4-3-9(15)5-11(12)16/h3-5,7-8,13,17H,6H2,1-2H3,(H,21,22)/t13-/m0/s1. The lowest BCUT2D eigenvalue weighted by Gasteiger charge is -2.16. The molecule has 22 heavy (non-hydrogen) atoms. The molecule has 2 rings (SSSR count). The minimum Gasteiger partial charge on any atom is -0.480 e. The van der Waals surface area contributed by atoms with E-state index in [1.165, 1.54) is 4.68 Å². The molecule has 1 aromatic carbocycles. The zero-order chi connectivity index (χ0) is 16.3. The molecule has 0 bridgehead atoms. The van der Waals surface area contributed by atoms with Gasteiger partial charge in [-0.05, 0) is 24.1 Å². The topological polar surface area (TPSA) is 80.0 Å². The number of carboxylic acids is 1. The Morgan fingerprint density at radius 3 is 2.73 bits per heavy atom. The molecule has 118 valence electrons. The first kappa shape index (κ1) is 16.7. The molecule has 0 saturated carbocycles. The van der Waals surface area contributed by atoms with Gasteiger partial charge in [-0.2, -0.15) is 0 Å². The number of hydrogen-bond donors (Lipinski definition) is 2. The molecule has 0 fully saturated rings. The van der Waals surface area contributed by atoms with Gasteiger partial charge in [-0.25, -0.2) is 4.68 Å². The molecule has 6 nitrogen and oxygen atoms in total. The van der Waals surface area contributed by atoms with Crippen molar-refractivity contribution in [2.75, 3.05) is 0 Å². The van der Waals surface area contributed by atoms with E-state index in [9.17, 15) is 4.79 Å². The second-order valence-electron chi connectivity index (χ2n) is 5.19. The number of carbonyl (C=O) groups is 1. The summed E-state index contributed by atoms with van der Waals surface area (Å²) in [5, 5.41) is 21.1. The van der Waals surface area contributed by atoms with Gasteiger partial charge in [0.25, 0.3) is 0 Å². The lowest BCUT2D eigenvalue weighted by atomic mass is 10.1. The van der Waals surface area contributed by atoms with E-state index < -0.39 is 12.0 Å². The molecule has 2 N–H and O–H groups in total. The van der Waals surface area contributed by atoms with Crippen molar-refractivity contribution in [1.82, 2.24) is 20.3 Å². The predicted molar refractivity (Wildman–Crippen MR) is 84.5 cm³/mol. The minimum absolute atomic E-state index is 0.0294. The first-order valence-corrected chi connectivity index (χ1v) is 7.47. The van der Waals surface area contributed by atoms with Gasteiger partial charge in [0.1, 0.15) is 6.04 Å². The molecule has 0 amide bonds. The van der Waals surface area contributed by atoms with Gasteiger partial charge < -0.3 is 5.11 Å². The molecule has 0 unspecified atom stereocenters. The Morgan fingerprint density at radius 1 is 1.41 bits per heavy atom. The van der Waals surface area contributed by atoms with E-state index in [1.807, 2.05) is 13.8 Å². The van der Waals surface area contributed by atoms with Gasteiger partial charge in [0.2, 0.25) is 0 Å². The summed E-state index contributed by atoms with van der Waals surface area (Å²) in [5.74, 6) is -0.915. The van der Waals surface area contributed by atoms with E-state index in [0.29, 0.717) is 28.0 Å². The maximum atomic E-state index is 11.1. The van der Waals surface area contributed by atoms with Gasteiger partial charge in [-0.3, -0.25) is 10.1 Å². The molecule has 0 aliphatic rings. The van der Waals surface area contributed by atoms with E-state index in [4.69, 9.17) is 28.3 Å². The summed E-state index contributed by atoms with van der Waals surface area (Å²) in [6.45, 7) is 3.99. The molecule has 0 spiro atoms. The second kappa shape index (κ2) is 7.09. The van der Waals surface area contributed by atoms with Crippen LogP contribution in [0.5, 0.6) is 0 Å². The third kappa shape index (κ3) is 3.97. The number of aromatic nitrogens is 3. The van der Waals surface area contributed by atoms with E-state index in [1.54, 1.807) is 24.4 Å². The molecule has 1 atom stereocenters. The summed E-state index contributed by atoms with van der Waals surface area (Å²) >= 11 is 12.0. The summed E-state index contributed by atoms with van der Waals surface area (Å²) in [6, 6.07) is 4.44. The molecule has 2 aromatic rings. The molecule has 1 aromatic heterocycles. The number of carboxylic acid groups (broad SMARTS) is 1. The Bertz CT molecular complexity index is 673. The Kier molecular flexibility index (Phi) is 5.39. The van der Waals surface area contributed by atoms with Crippen LogP contribution in [0.3, 0.4) is 0 Å². The van der Waals surface area contributed by atoms with Gasteiger partial charge >= 0.3 is 5.97 Å². The van der Waals surface area contributed by atoms with Crippen LogP contribution in [0.4, 0.5) is 0 Å². The SMILES string of the molecule is CC(C)[C@H](NCc1cn(-c2ccc(Cl)cc2Cl)nn1)C(=O)O. The molecule has 0 aliphatic heterocycles. The third-order valence-electron chi connectivity index (χ3n) is 3.13. The Labute approximate surface area is 138 Å². The number of benzene rings is 1. The van der Waals surface area contributed by atoms with Crippen molar-refractivity contribution in [2.45, 2.75) is 26.4 Å². The Morgan fingerprint density at radius 2 is 2.14 bits per heavy atom. The third-order valence-corrected chi connectivity index (χ3v) is 3.67. The van der Waals surface area contributed by atoms with Crippen molar-refractivity contribution < 1.29 is 9.90 Å². The van der Waals surface area contributed by atoms with E-state index in [-0.39, 0.29) is 5.92 Å². The molecular weight excluding hydrogens is 327 g/mol. The highest BCUT2D eigenvalue weighted by molar-refractivity contribution is 6.35. The van der Waals surface area contributed by atoms with Gasteiger partial charge in [0.05, 0.1) is 22.6 Å². The van der Waals surface area contributed by atoms with E-state index in [2.05, 4.69) is 15.6 Å². The van der Waals surface area contributed by atoms with Crippen molar-refractivity contribution in [3.05, 3.63) is 40.1 Å². The van der Waals surface area contributed by atoms with Crippen LogP contribution in [0, 0.1) is 5.92 Å². The van der Waals surface area contributed by atoms with Gasteiger partial charge in [0, 0.05) is 11.6 Å². The van der Waals surface area contributed by atoms with Crippen LogP contribution in [-0.4, -0.2) is 32.1 Å². The molecule has 0 radical (unpaired) electrons. The van der Waals surface area contributed by atoms with Gasteiger partial charge in [-0.1, -0.05) is 42.3 Å². The van der Waals surface area contributed by atoms with Crippen molar-refractivity contribution in [3.63, 3.8) is 0 Å². The fourth-order valence-corrected chi connectivity index (χ4v) is 2.48. The highest BCUT2D eigenvalue weighted by atomic mass is 35.5. The van der Waals surface area contributed by atoms with Crippen LogP contribution in [0.1, 0.15) is 19.5 Å². The molecule has 8 heteroatoms. The van der Waals surface area contributed by atoms with Crippen molar-refractivity contribution >= 4 is 29.2 Å². The average Bonchev–Trinajstić information content (AvgIpc) is 2.86. The smallest absolute Gasteiger partial charge is 0.320 e. The number of nitrogens with zero attached hydrogens (tertiary/aromatic N) is 3. The van der Waals surface area contributed by atoms with Crippen LogP contribution < -0.4 is 5.32 Å². The average molecular weight is 343 g/mol. The Balaban J connectivity index is 2.10. The fourth-order valence-electron chi connectivity index (χ4n) is 1.99. The van der Waals surface area contributed by atoms with Crippen molar-refractivity contribution in [3.8, 4) is 5.69 Å². The highest BCUT2D eigenvalue weighted by Crippen LogP contribution is 2.23. The number of halogens is 2. The molecule has 0 saturated heterocycles. The maximum Gasteiger partial charge on any atom is 0.320 e. The zero-order valence-electron chi connectivity index (χ0n) is 12.1. The van der Waals surface area contributed by atoms with Crippen molar-refractivity contribution in [2.24, 2.45) is 5.92 Å². The maximum absolute atomic E-state index is 11.1. The first-order valence-electron chi connectivity index (χ1n) is 6.71. The predicted octanol–water partition coefficient (Wildman–Crippen LogP) is 2.77. The largest absolute Gasteiger partial charge is 0.480 e. The van der Waals surface area contributed by atoms with Gasteiger partial charge in [0.15, 0.2) is 0 Å². The highest BCUT2D eigenvalue weighted by Gasteiger charge is 2.21. The normalized spacial score (nSPS) is 12.6. The van der Waals surface area contributed by atoms with Crippen LogP contribution in [0.15, 0.2) is 24.4 Å². The number of aliphatic carboxylic acids is 1. The van der Waals surface area contributed by atoms with Crippen LogP contribution in [0.25, 0.3) is 5.69 Å². The second-order valence-corrected chi connectivity index (χ2v) is 6.03. The minimum atomic E-state index is -0.886. The zero-order valence-corrected chi connectivity index (χ0v) is 13.6. The first-order chi connectivity index (χ1) is 10.4. The van der Waals surface area contributed by atoms with Gasteiger partial charge in [-0.15, -0.1) is 5.10 Å². The molecular formula is C14H16Cl2N4O2. The monoisotopic (exact) mass is 342 g/mol. The Hall–Kier alpha value is -1.63. The lowest BCUT2D eigenvalue weighted by molar-refractivity contribution is -0.140. The van der Waals surface area contributed by atoms with E-state index >= 15 is 0 Å². The van der Waals surface area contributed by atoms with E-state index in [0.717, 1.165) is 0 Å². The van der Waals surface area contributed by atoms with Crippen LogP contribution in [0.2, 0.25) is 10.0 Å². The lowest BCUT2D eigenvalue weighted by Crippen LogP contribution is -2.40. The number of hydrogen-bond acceptors (Lipinski definition) is 4. The summed E-state index contributed by atoms with van der Waals surface area (Å²) < 4.78 is 1.53. The fraction of sp³-hybridized carbons (Fsp3) is 0.357. The quantitative estimate of drug-likeness (QED) is 0.843. The van der Waals surface area contributed by atoms with Crippen LogP contribution >= 0.6 is 23.2 Å². The number of nitrogens with one attached hydrogen (secondary N) is 1. The summed E-state index contributed by atoms with van der Waals surface area (Å²) in [7, 11) is 0. The van der Waals surface area contributed by atoms with Crippen LogP contribution in [-0.2, 0) is 11.3 Å². The summed E-state index contributed by atoms with van der Waals surface area (Å²) in [5.41, 5.74) is 1.28.